The van der Waals surface area contributed by atoms with Crippen molar-refractivity contribution in [2.24, 2.45) is 5.73 Å². The van der Waals surface area contributed by atoms with Crippen LogP contribution in [0, 0.1) is 6.92 Å². The number of hydrogen-bond acceptors (Lipinski definition) is 3. The molecule has 0 radical (unpaired) electrons. The Kier molecular flexibility index (Phi) is 4.63. The lowest BCUT2D eigenvalue weighted by Crippen LogP contribution is -1.99. The quantitative estimate of drug-likeness (QED) is 0.907. The average Bonchev–Trinajstić information content (AvgIpc) is 2.41. The maximum Gasteiger partial charge on any atom is 0.219 e. The molecule has 4 heteroatoms. The first kappa shape index (κ1) is 14.8. The predicted molar refractivity (Wildman–Crippen MR) is 82.5 cm³/mol. The van der Waals surface area contributed by atoms with Crippen LogP contribution in [0.2, 0.25) is 5.02 Å². The number of aromatic nitrogens is 1. The molecule has 20 heavy (non-hydrogen) atoms. The van der Waals surface area contributed by atoms with Crippen molar-refractivity contribution in [3.63, 3.8) is 0 Å². The molecule has 0 fully saturated rings. The van der Waals surface area contributed by atoms with E-state index in [0.717, 1.165) is 27.5 Å². The Balaban J connectivity index is 2.35. The van der Waals surface area contributed by atoms with Gasteiger partial charge in [0, 0.05) is 23.8 Å². The highest BCUT2D eigenvalue weighted by Crippen LogP contribution is 2.33. The summed E-state index contributed by atoms with van der Waals surface area (Å²) in [6.07, 6.45) is 1.70. The van der Waals surface area contributed by atoms with Gasteiger partial charge in [-0.1, -0.05) is 25.4 Å². The smallest absolute Gasteiger partial charge is 0.219 e. The molecular formula is C16H19ClN2O. The molecule has 0 spiro atoms. The maximum atomic E-state index is 6.26. The van der Waals surface area contributed by atoms with Crippen molar-refractivity contribution in [3.05, 3.63) is 52.2 Å². The standard InChI is InChI=1S/C16H19ClN2O/c1-10(2)13-8-15(11(3)6-14(13)17)20-16-7-12(9-18)4-5-19-16/h4-8,10H,9,18H2,1-3H3. The van der Waals surface area contributed by atoms with Crippen LogP contribution in [0.3, 0.4) is 0 Å². The molecule has 2 rings (SSSR count). The largest absolute Gasteiger partial charge is 0.439 e. The second-order valence-corrected chi connectivity index (χ2v) is 5.51. The van der Waals surface area contributed by atoms with Crippen molar-refractivity contribution in [1.82, 2.24) is 4.98 Å². The Morgan fingerprint density at radius 3 is 2.70 bits per heavy atom. The second-order valence-electron chi connectivity index (χ2n) is 5.10. The summed E-state index contributed by atoms with van der Waals surface area (Å²) in [5.41, 5.74) is 8.67. The first-order valence-corrected chi connectivity index (χ1v) is 7.02. The lowest BCUT2D eigenvalue weighted by Gasteiger charge is -2.14. The van der Waals surface area contributed by atoms with Crippen LogP contribution >= 0.6 is 11.6 Å². The third kappa shape index (κ3) is 3.30. The van der Waals surface area contributed by atoms with Crippen molar-refractivity contribution >= 4 is 11.6 Å². The molecule has 0 aliphatic rings. The molecule has 0 bridgehead atoms. The average molecular weight is 291 g/mol. The van der Waals surface area contributed by atoms with E-state index in [1.807, 2.05) is 31.2 Å². The number of nitrogens with two attached hydrogens (primary N) is 1. The van der Waals surface area contributed by atoms with Gasteiger partial charge in [-0.3, -0.25) is 0 Å². The van der Waals surface area contributed by atoms with E-state index in [-0.39, 0.29) is 0 Å². The molecule has 1 aromatic carbocycles. The summed E-state index contributed by atoms with van der Waals surface area (Å²) in [6.45, 7) is 6.65. The Morgan fingerprint density at radius 1 is 1.30 bits per heavy atom. The zero-order valence-corrected chi connectivity index (χ0v) is 12.7. The molecule has 1 aromatic heterocycles. The van der Waals surface area contributed by atoms with E-state index in [0.29, 0.717) is 18.3 Å². The number of aryl methyl sites for hydroxylation is 1. The van der Waals surface area contributed by atoms with Gasteiger partial charge in [-0.15, -0.1) is 0 Å². The summed E-state index contributed by atoms with van der Waals surface area (Å²) in [6, 6.07) is 7.64. The number of benzene rings is 1. The predicted octanol–water partition coefficient (Wildman–Crippen LogP) is 4.42. The van der Waals surface area contributed by atoms with Crippen LogP contribution < -0.4 is 10.5 Å². The van der Waals surface area contributed by atoms with Gasteiger partial charge in [-0.25, -0.2) is 4.98 Å². The summed E-state index contributed by atoms with van der Waals surface area (Å²) < 4.78 is 5.87. The van der Waals surface area contributed by atoms with Crippen molar-refractivity contribution in [3.8, 4) is 11.6 Å². The molecule has 2 aromatic rings. The second kappa shape index (κ2) is 6.25. The van der Waals surface area contributed by atoms with Crippen LogP contribution in [0.1, 0.15) is 36.5 Å². The molecule has 0 saturated heterocycles. The molecule has 106 valence electrons. The topological polar surface area (TPSA) is 48.1 Å². The summed E-state index contributed by atoms with van der Waals surface area (Å²) in [4.78, 5) is 4.21. The lowest BCUT2D eigenvalue weighted by atomic mass is 10.0. The molecule has 0 aliphatic carbocycles. The number of nitrogens with zero attached hydrogens (tertiary/aromatic N) is 1. The Bertz CT molecular complexity index is 611. The van der Waals surface area contributed by atoms with Crippen molar-refractivity contribution in [1.29, 1.82) is 0 Å². The summed E-state index contributed by atoms with van der Waals surface area (Å²) >= 11 is 6.26. The van der Waals surface area contributed by atoms with E-state index in [4.69, 9.17) is 22.1 Å². The Morgan fingerprint density at radius 2 is 2.05 bits per heavy atom. The third-order valence-electron chi connectivity index (χ3n) is 3.17. The van der Waals surface area contributed by atoms with Gasteiger partial charge in [0.25, 0.3) is 0 Å². The van der Waals surface area contributed by atoms with Gasteiger partial charge in [-0.05, 0) is 47.7 Å². The highest BCUT2D eigenvalue weighted by molar-refractivity contribution is 6.31. The number of pyridine rings is 1. The fourth-order valence-electron chi connectivity index (χ4n) is 1.97. The molecule has 3 nitrogen and oxygen atoms in total. The van der Waals surface area contributed by atoms with Crippen molar-refractivity contribution in [2.75, 3.05) is 0 Å². The normalized spacial score (nSPS) is 10.9. The van der Waals surface area contributed by atoms with Gasteiger partial charge in [0.15, 0.2) is 0 Å². The van der Waals surface area contributed by atoms with Gasteiger partial charge in [0.05, 0.1) is 0 Å². The van der Waals surface area contributed by atoms with E-state index in [2.05, 4.69) is 18.8 Å². The first-order chi connectivity index (χ1) is 9.51. The van der Waals surface area contributed by atoms with E-state index >= 15 is 0 Å². The minimum atomic E-state index is 0.341. The maximum absolute atomic E-state index is 6.26. The fourth-order valence-corrected chi connectivity index (χ4v) is 2.40. The van der Waals surface area contributed by atoms with Crippen LogP contribution in [-0.2, 0) is 6.54 Å². The van der Waals surface area contributed by atoms with Gasteiger partial charge in [0.2, 0.25) is 5.88 Å². The molecule has 0 amide bonds. The van der Waals surface area contributed by atoms with Gasteiger partial charge < -0.3 is 10.5 Å². The van der Waals surface area contributed by atoms with Crippen molar-refractivity contribution < 1.29 is 4.74 Å². The minimum Gasteiger partial charge on any atom is -0.439 e. The molecule has 2 N–H and O–H groups in total. The summed E-state index contributed by atoms with van der Waals surface area (Å²) in [7, 11) is 0. The summed E-state index contributed by atoms with van der Waals surface area (Å²) in [5, 5.41) is 0.772. The first-order valence-electron chi connectivity index (χ1n) is 6.64. The highest BCUT2D eigenvalue weighted by atomic mass is 35.5. The van der Waals surface area contributed by atoms with E-state index in [1.54, 1.807) is 6.20 Å². The molecule has 0 unspecified atom stereocenters. The minimum absolute atomic E-state index is 0.341. The fraction of sp³-hybridized carbons (Fsp3) is 0.312. The van der Waals surface area contributed by atoms with Crippen LogP contribution in [0.5, 0.6) is 11.6 Å². The number of rotatable bonds is 4. The zero-order valence-electron chi connectivity index (χ0n) is 12.0. The lowest BCUT2D eigenvalue weighted by molar-refractivity contribution is 0.457. The van der Waals surface area contributed by atoms with Crippen molar-refractivity contribution in [2.45, 2.75) is 33.2 Å². The Hall–Kier alpha value is -1.58. The van der Waals surface area contributed by atoms with Gasteiger partial charge >= 0.3 is 0 Å². The molecular weight excluding hydrogens is 272 g/mol. The van der Waals surface area contributed by atoms with Crippen LogP contribution in [-0.4, -0.2) is 4.98 Å². The molecule has 0 atom stereocenters. The zero-order chi connectivity index (χ0) is 14.7. The SMILES string of the molecule is Cc1cc(Cl)c(C(C)C)cc1Oc1cc(CN)ccn1. The third-order valence-corrected chi connectivity index (χ3v) is 3.49. The van der Waals surface area contributed by atoms with E-state index < -0.39 is 0 Å². The van der Waals surface area contributed by atoms with Crippen LogP contribution in [0.25, 0.3) is 0 Å². The molecule has 0 aliphatic heterocycles. The van der Waals surface area contributed by atoms with Gasteiger partial charge in [0.1, 0.15) is 5.75 Å². The van der Waals surface area contributed by atoms with E-state index in [9.17, 15) is 0 Å². The molecule has 0 saturated carbocycles. The molecule has 1 heterocycles. The monoisotopic (exact) mass is 290 g/mol. The van der Waals surface area contributed by atoms with Crippen LogP contribution in [0.4, 0.5) is 0 Å². The number of halogens is 1. The van der Waals surface area contributed by atoms with Gasteiger partial charge in [-0.2, -0.15) is 0 Å². The summed E-state index contributed by atoms with van der Waals surface area (Å²) in [5.74, 6) is 1.67. The number of hydrogen-bond donors (Lipinski definition) is 1. The number of ether oxygens (including phenoxy) is 1. The van der Waals surface area contributed by atoms with E-state index in [1.165, 1.54) is 0 Å². The highest BCUT2D eigenvalue weighted by Gasteiger charge is 2.11. The Labute approximate surface area is 124 Å². The van der Waals surface area contributed by atoms with Crippen LogP contribution in [0.15, 0.2) is 30.5 Å².